The Morgan fingerprint density at radius 3 is 2.25 bits per heavy atom. The quantitative estimate of drug-likeness (QED) is 0.887. The van der Waals surface area contributed by atoms with Crippen molar-refractivity contribution in [1.82, 2.24) is 0 Å². The van der Waals surface area contributed by atoms with Gasteiger partial charge in [-0.1, -0.05) is 6.07 Å². The van der Waals surface area contributed by atoms with E-state index in [1.807, 2.05) is 19.9 Å². The highest BCUT2D eigenvalue weighted by Crippen LogP contribution is 2.28. The summed E-state index contributed by atoms with van der Waals surface area (Å²) in [5.74, 6) is -0.312. The summed E-state index contributed by atoms with van der Waals surface area (Å²) < 4.78 is 23.1. The van der Waals surface area contributed by atoms with Crippen molar-refractivity contribution in [1.29, 1.82) is 0 Å². The molecule has 1 amide bonds. The van der Waals surface area contributed by atoms with Gasteiger partial charge in [-0.25, -0.2) is 13.6 Å². The van der Waals surface area contributed by atoms with Crippen LogP contribution >= 0.6 is 0 Å². The zero-order valence-corrected chi connectivity index (χ0v) is 14.9. The Labute approximate surface area is 142 Å². The summed E-state index contributed by atoms with van der Waals surface area (Å²) in [7, 11) is -0.244. The standard InChI is InChI=1S/C17H21N3O3S/c1-11-5-6-13(9-12(11)2)17(21)19-15-10-14(24(18,22)23)7-8-16(15)20(3)4/h5-10H,1-4H3,(H,19,21)(H2,18,22,23). The fourth-order valence-corrected chi connectivity index (χ4v) is 2.80. The van der Waals surface area contributed by atoms with E-state index < -0.39 is 10.0 Å². The maximum atomic E-state index is 12.5. The van der Waals surface area contributed by atoms with Crippen LogP contribution in [-0.2, 0) is 10.0 Å². The maximum Gasteiger partial charge on any atom is 0.255 e. The van der Waals surface area contributed by atoms with E-state index in [4.69, 9.17) is 5.14 Å². The molecule has 2 aromatic rings. The highest BCUT2D eigenvalue weighted by atomic mass is 32.2. The molecule has 0 aliphatic heterocycles. The summed E-state index contributed by atoms with van der Waals surface area (Å²) in [6, 6.07) is 9.79. The van der Waals surface area contributed by atoms with E-state index >= 15 is 0 Å². The van der Waals surface area contributed by atoms with Crippen LogP contribution in [0.15, 0.2) is 41.3 Å². The van der Waals surface area contributed by atoms with E-state index in [9.17, 15) is 13.2 Å². The largest absolute Gasteiger partial charge is 0.376 e. The lowest BCUT2D eigenvalue weighted by atomic mass is 10.1. The zero-order chi connectivity index (χ0) is 18.1. The molecule has 3 N–H and O–H groups in total. The fourth-order valence-electron chi connectivity index (χ4n) is 2.26. The minimum Gasteiger partial charge on any atom is -0.376 e. The number of nitrogens with two attached hydrogens (primary N) is 1. The predicted octanol–water partition coefficient (Wildman–Crippen LogP) is 2.27. The molecule has 2 rings (SSSR count). The van der Waals surface area contributed by atoms with Crippen molar-refractivity contribution >= 4 is 27.3 Å². The van der Waals surface area contributed by atoms with E-state index in [0.717, 1.165) is 11.1 Å². The topological polar surface area (TPSA) is 92.5 Å². The third-order valence-corrected chi connectivity index (χ3v) is 4.71. The van der Waals surface area contributed by atoms with Crippen LogP contribution in [0, 0.1) is 13.8 Å². The van der Waals surface area contributed by atoms with Gasteiger partial charge in [0.2, 0.25) is 10.0 Å². The molecule has 24 heavy (non-hydrogen) atoms. The molecular formula is C17H21N3O3S. The smallest absolute Gasteiger partial charge is 0.255 e. The van der Waals surface area contributed by atoms with Crippen molar-refractivity contribution in [2.24, 2.45) is 5.14 Å². The number of carbonyl (C=O) groups is 1. The van der Waals surface area contributed by atoms with E-state index in [0.29, 0.717) is 16.9 Å². The number of benzene rings is 2. The average Bonchev–Trinajstić information content (AvgIpc) is 2.48. The van der Waals surface area contributed by atoms with Gasteiger partial charge >= 0.3 is 0 Å². The molecule has 0 aromatic heterocycles. The number of hydrogen-bond donors (Lipinski definition) is 2. The van der Waals surface area contributed by atoms with Gasteiger partial charge < -0.3 is 10.2 Å². The molecule has 0 aliphatic carbocycles. The van der Waals surface area contributed by atoms with Gasteiger partial charge in [0.25, 0.3) is 5.91 Å². The molecule has 0 saturated carbocycles. The lowest BCUT2D eigenvalue weighted by molar-refractivity contribution is 0.102. The van der Waals surface area contributed by atoms with E-state index in [1.165, 1.54) is 12.1 Å². The molecule has 0 saturated heterocycles. The second-order valence-electron chi connectivity index (χ2n) is 5.87. The number of carbonyl (C=O) groups excluding carboxylic acids is 1. The first-order valence-corrected chi connectivity index (χ1v) is 8.87. The van der Waals surface area contributed by atoms with Crippen LogP contribution in [0.5, 0.6) is 0 Å². The molecule has 0 radical (unpaired) electrons. The molecule has 2 aromatic carbocycles. The Morgan fingerprint density at radius 1 is 1.04 bits per heavy atom. The number of hydrogen-bond acceptors (Lipinski definition) is 4. The van der Waals surface area contributed by atoms with Crippen LogP contribution in [0.3, 0.4) is 0 Å². The Hall–Kier alpha value is -2.38. The predicted molar refractivity (Wildman–Crippen MR) is 96.0 cm³/mol. The summed E-state index contributed by atoms with van der Waals surface area (Å²) in [5.41, 5.74) is 3.67. The highest BCUT2D eigenvalue weighted by molar-refractivity contribution is 7.89. The lowest BCUT2D eigenvalue weighted by Gasteiger charge is -2.19. The van der Waals surface area contributed by atoms with Crippen LogP contribution in [0.1, 0.15) is 21.5 Å². The molecule has 6 nitrogen and oxygen atoms in total. The van der Waals surface area contributed by atoms with Gasteiger partial charge in [0, 0.05) is 19.7 Å². The van der Waals surface area contributed by atoms with Crippen molar-refractivity contribution in [3.05, 3.63) is 53.1 Å². The molecular weight excluding hydrogens is 326 g/mol. The number of primary sulfonamides is 1. The van der Waals surface area contributed by atoms with Crippen LogP contribution in [0.25, 0.3) is 0 Å². The molecule has 0 fully saturated rings. The highest BCUT2D eigenvalue weighted by Gasteiger charge is 2.15. The molecule has 0 heterocycles. The van der Waals surface area contributed by atoms with E-state index in [1.54, 1.807) is 37.2 Å². The first-order valence-electron chi connectivity index (χ1n) is 7.32. The third-order valence-electron chi connectivity index (χ3n) is 3.80. The second kappa shape index (κ2) is 6.62. The molecule has 0 atom stereocenters. The van der Waals surface area contributed by atoms with Crippen molar-refractivity contribution in [2.75, 3.05) is 24.3 Å². The van der Waals surface area contributed by atoms with Gasteiger partial charge in [-0.2, -0.15) is 0 Å². The number of anilines is 2. The van der Waals surface area contributed by atoms with Gasteiger partial charge in [0.1, 0.15) is 0 Å². The average molecular weight is 347 g/mol. The normalized spacial score (nSPS) is 11.2. The Balaban J connectivity index is 2.42. The maximum absolute atomic E-state index is 12.5. The van der Waals surface area contributed by atoms with Gasteiger partial charge in [0.15, 0.2) is 0 Å². The van der Waals surface area contributed by atoms with Crippen LogP contribution in [0.2, 0.25) is 0 Å². The van der Waals surface area contributed by atoms with E-state index in [-0.39, 0.29) is 10.8 Å². The molecule has 0 unspecified atom stereocenters. The fraction of sp³-hybridized carbons (Fsp3) is 0.235. The van der Waals surface area contributed by atoms with Crippen LogP contribution < -0.4 is 15.4 Å². The summed E-state index contributed by atoms with van der Waals surface area (Å²) in [6.45, 7) is 3.90. The van der Waals surface area contributed by atoms with Gasteiger partial charge in [0.05, 0.1) is 16.3 Å². The molecule has 0 aliphatic rings. The summed E-state index contributed by atoms with van der Waals surface area (Å²) >= 11 is 0. The Kier molecular flexibility index (Phi) is 4.96. The van der Waals surface area contributed by atoms with Crippen molar-refractivity contribution in [2.45, 2.75) is 18.7 Å². The van der Waals surface area contributed by atoms with Crippen molar-refractivity contribution in [3.63, 3.8) is 0 Å². The van der Waals surface area contributed by atoms with Crippen molar-refractivity contribution < 1.29 is 13.2 Å². The van der Waals surface area contributed by atoms with Crippen LogP contribution in [-0.4, -0.2) is 28.4 Å². The zero-order valence-electron chi connectivity index (χ0n) is 14.1. The molecule has 0 spiro atoms. The summed E-state index contributed by atoms with van der Waals surface area (Å²) in [4.78, 5) is 14.2. The first kappa shape index (κ1) is 18.0. The second-order valence-corrected chi connectivity index (χ2v) is 7.43. The SMILES string of the molecule is Cc1ccc(C(=O)Nc2cc(S(N)(=O)=O)ccc2N(C)C)cc1C. The molecule has 7 heteroatoms. The number of aryl methyl sites for hydroxylation is 2. The lowest BCUT2D eigenvalue weighted by Crippen LogP contribution is -2.19. The summed E-state index contributed by atoms with van der Waals surface area (Å²) in [5, 5.41) is 7.94. The third kappa shape index (κ3) is 3.93. The summed E-state index contributed by atoms with van der Waals surface area (Å²) in [6.07, 6.45) is 0. The number of nitrogens with one attached hydrogen (secondary N) is 1. The number of sulfonamides is 1. The van der Waals surface area contributed by atoms with E-state index in [2.05, 4.69) is 5.32 Å². The number of rotatable bonds is 4. The first-order chi connectivity index (χ1) is 11.1. The van der Waals surface area contributed by atoms with Crippen LogP contribution in [0.4, 0.5) is 11.4 Å². The number of amides is 1. The Bertz CT molecular complexity index is 890. The van der Waals surface area contributed by atoms with Crippen molar-refractivity contribution in [3.8, 4) is 0 Å². The molecule has 128 valence electrons. The number of nitrogens with zero attached hydrogens (tertiary/aromatic N) is 1. The van der Waals surface area contributed by atoms with Gasteiger partial charge in [-0.05, 0) is 55.3 Å². The molecule has 0 bridgehead atoms. The Morgan fingerprint density at radius 2 is 1.71 bits per heavy atom. The monoisotopic (exact) mass is 347 g/mol. The van der Waals surface area contributed by atoms with Gasteiger partial charge in [-0.15, -0.1) is 0 Å². The minimum absolute atomic E-state index is 0.0523. The van der Waals surface area contributed by atoms with Gasteiger partial charge in [-0.3, -0.25) is 4.79 Å². The minimum atomic E-state index is -3.85.